The lowest BCUT2D eigenvalue weighted by Gasteiger charge is -2.24. The molecule has 0 amide bonds. The molecule has 0 saturated carbocycles. The van der Waals surface area contributed by atoms with E-state index in [2.05, 4.69) is 62.5 Å². The SMILES string of the molecule is CC/C=C\C/C=C\C/C=C\C/C=C\C=C/C(O)C/C=C\CCC(=O)O[C@H](CO/C=C/CCCCCCCC/C=C\CCCCCC)COP(=O)(O)OCC[N+](C)(C)C. The zero-order valence-electron chi connectivity index (χ0n) is 37.1. The molecule has 0 saturated heterocycles. The van der Waals surface area contributed by atoms with Crippen LogP contribution in [0.15, 0.2) is 97.4 Å². The second kappa shape index (κ2) is 39.7. The van der Waals surface area contributed by atoms with E-state index in [1.807, 2.05) is 57.6 Å². The third kappa shape index (κ3) is 42.8. The molecule has 58 heavy (non-hydrogen) atoms. The van der Waals surface area contributed by atoms with Crippen molar-refractivity contribution in [2.45, 2.75) is 154 Å². The minimum atomic E-state index is -4.35. The van der Waals surface area contributed by atoms with Crippen LogP contribution < -0.4 is 0 Å². The molecule has 9 nitrogen and oxygen atoms in total. The smallest absolute Gasteiger partial charge is 0.472 e. The first-order chi connectivity index (χ1) is 28.0. The molecule has 2 unspecified atom stereocenters. The number of quaternary nitrogens is 1. The maximum absolute atomic E-state index is 12.7. The Morgan fingerprint density at radius 2 is 1.22 bits per heavy atom. The topological polar surface area (TPSA) is 112 Å². The van der Waals surface area contributed by atoms with E-state index in [0.717, 1.165) is 38.5 Å². The Labute approximate surface area is 354 Å². The normalized spacial score (nSPS) is 15.2. The van der Waals surface area contributed by atoms with Gasteiger partial charge in [-0.1, -0.05) is 144 Å². The summed E-state index contributed by atoms with van der Waals surface area (Å²) >= 11 is 0. The average Bonchev–Trinajstić information content (AvgIpc) is 3.17. The number of likely N-dealkylation sites (N-methyl/N-ethyl adjacent to an activating group) is 1. The molecule has 0 fully saturated rings. The fourth-order valence-electron chi connectivity index (χ4n) is 5.33. The van der Waals surface area contributed by atoms with Gasteiger partial charge in [-0.3, -0.25) is 13.8 Å². The van der Waals surface area contributed by atoms with Crippen LogP contribution in [0.4, 0.5) is 0 Å². The number of aliphatic hydroxyl groups excluding tert-OH is 1. The molecule has 0 aromatic heterocycles. The number of phosphoric ester groups is 1. The third-order valence-corrected chi connectivity index (χ3v) is 9.77. The van der Waals surface area contributed by atoms with E-state index in [9.17, 15) is 19.4 Å². The number of carbonyl (C=O) groups is 1. The van der Waals surface area contributed by atoms with Crippen LogP contribution in [0.25, 0.3) is 0 Å². The molecule has 10 heteroatoms. The van der Waals surface area contributed by atoms with Gasteiger partial charge in [-0.2, -0.15) is 0 Å². The quantitative estimate of drug-likeness (QED) is 0.0120. The molecule has 0 aromatic carbocycles. The van der Waals surface area contributed by atoms with Gasteiger partial charge in [-0.25, -0.2) is 4.57 Å². The van der Waals surface area contributed by atoms with Crippen LogP contribution in [0.1, 0.15) is 142 Å². The van der Waals surface area contributed by atoms with Crippen LogP contribution in [-0.4, -0.2) is 80.2 Å². The van der Waals surface area contributed by atoms with Gasteiger partial charge in [0.1, 0.15) is 19.8 Å². The van der Waals surface area contributed by atoms with Crippen molar-refractivity contribution in [3.8, 4) is 0 Å². The summed E-state index contributed by atoms with van der Waals surface area (Å²) < 4.78 is 34.6. The number of carbonyl (C=O) groups excluding carboxylic acids is 1. The summed E-state index contributed by atoms with van der Waals surface area (Å²) in [4.78, 5) is 22.9. The number of hydrogen-bond donors (Lipinski definition) is 2. The number of rotatable bonds is 39. The lowest BCUT2D eigenvalue weighted by atomic mass is 10.1. The van der Waals surface area contributed by atoms with Crippen molar-refractivity contribution >= 4 is 13.8 Å². The predicted octanol–water partition coefficient (Wildman–Crippen LogP) is 12.4. The highest BCUT2D eigenvalue weighted by atomic mass is 31.2. The second-order valence-electron chi connectivity index (χ2n) is 15.6. The lowest BCUT2D eigenvalue weighted by Crippen LogP contribution is -2.37. The summed E-state index contributed by atoms with van der Waals surface area (Å²) in [5.74, 6) is -0.484. The highest BCUT2D eigenvalue weighted by molar-refractivity contribution is 7.47. The highest BCUT2D eigenvalue weighted by Gasteiger charge is 2.26. The molecular weight excluding hydrogens is 750 g/mol. The van der Waals surface area contributed by atoms with Gasteiger partial charge in [-0.15, -0.1) is 0 Å². The van der Waals surface area contributed by atoms with Gasteiger partial charge in [0.05, 0.1) is 40.1 Å². The number of allylic oxidation sites excluding steroid dienone is 13. The molecule has 0 bridgehead atoms. The minimum Gasteiger partial charge on any atom is -0.498 e. The van der Waals surface area contributed by atoms with Crippen molar-refractivity contribution in [2.75, 3.05) is 47.5 Å². The maximum atomic E-state index is 12.7. The number of aliphatic hydroxyl groups is 1. The maximum Gasteiger partial charge on any atom is 0.472 e. The molecule has 332 valence electrons. The van der Waals surface area contributed by atoms with Crippen LogP contribution in [0.2, 0.25) is 0 Å². The van der Waals surface area contributed by atoms with Crippen LogP contribution >= 0.6 is 7.82 Å². The molecule has 3 atom stereocenters. The second-order valence-corrected chi connectivity index (χ2v) is 17.1. The van der Waals surface area contributed by atoms with Crippen LogP contribution in [-0.2, 0) is 27.9 Å². The van der Waals surface area contributed by atoms with E-state index in [-0.39, 0.29) is 26.2 Å². The first kappa shape index (κ1) is 55.2. The van der Waals surface area contributed by atoms with E-state index < -0.39 is 26.0 Å². The van der Waals surface area contributed by atoms with Crippen molar-refractivity contribution in [3.63, 3.8) is 0 Å². The first-order valence-corrected chi connectivity index (χ1v) is 23.6. The molecule has 0 aliphatic rings. The summed E-state index contributed by atoms with van der Waals surface area (Å²) in [5.41, 5.74) is 0. The van der Waals surface area contributed by atoms with Crippen molar-refractivity contribution in [2.24, 2.45) is 0 Å². The van der Waals surface area contributed by atoms with Gasteiger partial charge >= 0.3 is 13.8 Å². The lowest BCUT2D eigenvalue weighted by molar-refractivity contribution is -0.870. The standard InChI is InChI=1S/C48H82NO8P/c1-6-8-10-12-14-16-18-20-21-22-24-26-28-30-32-37-42-54-44-47(45-56-58(52,53)55-43-41-49(3,4)5)57-48(51)40-36-33-35-39-46(50)38-34-31-29-27-25-23-19-17-15-13-11-9-7-2/h9,11,15-18,23,25,29,31,33-35,37-38,42,46-47,50H,6-8,10,12-14,19-22,24,26-28,30,32,36,39-41,43-45H2,1-5H3/p+1/b11-9-,17-15-,18-16-,25-23-,31-29-,35-33-,38-34-,42-37+/t46?,47-/m1/s1. The Morgan fingerprint density at radius 1 is 0.655 bits per heavy atom. The molecular formula is C48H83NO8P+. The molecule has 0 aliphatic carbocycles. The Kier molecular flexibility index (Phi) is 37.8. The summed E-state index contributed by atoms with van der Waals surface area (Å²) in [6, 6.07) is 0. The molecule has 0 aromatic rings. The largest absolute Gasteiger partial charge is 0.498 e. The number of nitrogens with zero attached hydrogens (tertiary/aromatic N) is 1. The van der Waals surface area contributed by atoms with Crippen molar-refractivity contribution in [1.29, 1.82) is 0 Å². The first-order valence-electron chi connectivity index (χ1n) is 22.1. The third-order valence-electron chi connectivity index (χ3n) is 8.79. The fourth-order valence-corrected chi connectivity index (χ4v) is 6.07. The summed E-state index contributed by atoms with van der Waals surface area (Å²) in [6.45, 7) is 4.56. The number of hydrogen-bond acceptors (Lipinski definition) is 7. The van der Waals surface area contributed by atoms with Gasteiger partial charge < -0.3 is 24.0 Å². The summed E-state index contributed by atoms with van der Waals surface area (Å²) in [5, 5.41) is 10.2. The number of unbranched alkanes of at least 4 members (excludes halogenated alkanes) is 11. The van der Waals surface area contributed by atoms with E-state index in [1.165, 1.54) is 70.6 Å². The van der Waals surface area contributed by atoms with Crippen molar-refractivity contribution in [3.05, 3.63) is 97.4 Å². The summed E-state index contributed by atoms with van der Waals surface area (Å²) in [7, 11) is 1.51. The zero-order valence-corrected chi connectivity index (χ0v) is 38.0. The molecule has 0 heterocycles. The van der Waals surface area contributed by atoms with E-state index >= 15 is 0 Å². The Hall–Kier alpha value is -2.78. The number of esters is 1. The highest BCUT2D eigenvalue weighted by Crippen LogP contribution is 2.43. The number of phosphoric acid groups is 1. The average molecular weight is 833 g/mol. The molecule has 0 radical (unpaired) electrons. The number of ether oxygens (including phenoxy) is 2. The predicted molar refractivity (Wildman–Crippen MR) is 243 cm³/mol. The zero-order chi connectivity index (χ0) is 42.8. The Morgan fingerprint density at radius 3 is 1.84 bits per heavy atom. The molecule has 0 rings (SSSR count). The van der Waals surface area contributed by atoms with E-state index in [1.54, 1.807) is 12.3 Å². The van der Waals surface area contributed by atoms with Gasteiger partial charge in [0.2, 0.25) is 0 Å². The van der Waals surface area contributed by atoms with Crippen LogP contribution in [0, 0.1) is 0 Å². The molecule has 2 N–H and O–H groups in total. The van der Waals surface area contributed by atoms with Crippen molar-refractivity contribution < 1.29 is 42.4 Å². The summed E-state index contributed by atoms with van der Waals surface area (Å²) in [6.07, 6.45) is 51.4. The van der Waals surface area contributed by atoms with Crippen LogP contribution in [0.3, 0.4) is 0 Å². The monoisotopic (exact) mass is 833 g/mol. The molecule has 0 spiro atoms. The molecule has 0 aliphatic heterocycles. The Balaban J connectivity index is 4.55. The van der Waals surface area contributed by atoms with E-state index in [4.69, 9.17) is 18.5 Å². The fraction of sp³-hybridized carbons (Fsp3) is 0.646. The van der Waals surface area contributed by atoms with Crippen molar-refractivity contribution in [1.82, 2.24) is 0 Å². The van der Waals surface area contributed by atoms with Gasteiger partial charge in [0.15, 0.2) is 6.10 Å². The Bertz CT molecular complexity index is 1260. The van der Waals surface area contributed by atoms with E-state index in [0.29, 0.717) is 23.9 Å². The van der Waals surface area contributed by atoms with Crippen LogP contribution in [0.5, 0.6) is 0 Å². The van der Waals surface area contributed by atoms with Gasteiger partial charge in [0, 0.05) is 6.42 Å². The van der Waals surface area contributed by atoms with Gasteiger partial charge in [0.25, 0.3) is 0 Å². The minimum absolute atomic E-state index is 0.0258. The van der Waals surface area contributed by atoms with Gasteiger partial charge in [-0.05, 0) is 83.1 Å².